The van der Waals surface area contributed by atoms with Gasteiger partial charge < -0.3 is 21.1 Å². The van der Waals surface area contributed by atoms with Crippen LogP contribution in [0.1, 0.15) is 68.4 Å². The van der Waals surface area contributed by atoms with Crippen molar-refractivity contribution in [3.8, 4) is 11.3 Å². The SMILES string of the molecule is CC(C)(C)OC(=O)N1CCCC(n2nc(-c3cnn(Cc4ccccc4)c3)c(C(N)=O)c2N)CCC1. The van der Waals surface area contributed by atoms with E-state index in [9.17, 15) is 9.59 Å². The van der Waals surface area contributed by atoms with Gasteiger partial charge in [0.1, 0.15) is 22.7 Å². The predicted molar refractivity (Wildman–Crippen MR) is 137 cm³/mol. The highest BCUT2D eigenvalue weighted by molar-refractivity contribution is 6.03. The summed E-state index contributed by atoms with van der Waals surface area (Å²) in [6.45, 7) is 7.38. The van der Waals surface area contributed by atoms with Crippen molar-refractivity contribution in [3.63, 3.8) is 0 Å². The molecule has 1 aromatic carbocycles. The van der Waals surface area contributed by atoms with E-state index in [0.29, 0.717) is 30.9 Å². The molecule has 0 bridgehead atoms. The Kier molecular flexibility index (Phi) is 7.32. The molecule has 1 saturated heterocycles. The fraction of sp³-hybridized carbons (Fsp3) is 0.462. The van der Waals surface area contributed by atoms with Crippen molar-refractivity contribution in [2.24, 2.45) is 5.73 Å². The van der Waals surface area contributed by atoms with Gasteiger partial charge in [0.15, 0.2) is 0 Å². The van der Waals surface area contributed by atoms with Crippen LogP contribution in [0.25, 0.3) is 11.3 Å². The maximum absolute atomic E-state index is 12.5. The lowest BCUT2D eigenvalue weighted by atomic mass is 10.0. The van der Waals surface area contributed by atoms with Crippen molar-refractivity contribution < 1.29 is 14.3 Å². The van der Waals surface area contributed by atoms with Gasteiger partial charge in [-0.3, -0.25) is 9.48 Å². The number of anilines is 1. The quantitative estimate of drug-likeness (QED) is 0.555. The summed E-state index contributed by atoms with van der Waals surface area (Å²) in [4.78, 5) is 26.6. The molecule has 4 N–H and O–H groups in total. The molecule has 36 heavy (non-hydrogen) atoms. The van der Waals surface area contributed by atoms with Crippen molar-refractivity contribution in [2.75, 3.05) is 18.8 Å². The molecule has 2 amide bonds. The van der Waals surface area contributed by atoms with Crippen LogP contribution in [0, 0.1) is 0 Å². The van der Waals surface area contributed by atoms with Crippen LogP contribution in [0.4, 0.5) is 10.6 Å². The maximum atomic E-state index is 12.5. The van der Waals surface area contributed by atoms with Crippen LogP contribution in [0.3, 0.4) is 0 Å². The van der Waals surface area contributed by atoms with Crippen molar-refractivity contribution in [1.29, 1.82) is 0 Å². The van der Waals surface area contributed by atoms with Crippen molar-refractivity contribution >= 4 is 17.8 Å². The van der Waals surface area contributed by atoms with E-state index in [1.165, 1.54) is 0 Å². The van der Waals surface area contributed by atoms with Gasteiger partial charge in [0.05, 0.1) is 18.8 Å². The molecule has 4 rings (SSSR count). The van der Waals surface area contributed by atoms with E-state index in [-0.39, 0.29) is 23.5 Å². The number of rotatable bonds is 5. The van der Waals surface area contributed by atoms with Gasteiger partial charge in [-0.2, -0.15) is 10.2 Å². The molecule has 1 aliphatic heterocycles. The molecule has 3 heterocycles. The third-order valence-corrected chi connectivity index (χ3v) is 6.22. The number of amides is 2. The molecule has 0 unspecified atom stereocenters. The lowest BCUT2D eigenvalue weighted by Crippen LogP contribution is -2.39. The van der Waals surface area contributed by atoms with Gasteiger partial charge in [-0.15, -0.1) is 0 Å². The van der Waals surface area contributed by atoms with Gasteiger partial charge in [0, 0.05) is 24.8 Å². The zero-order chi connectivity index (χ0) is 25.9. The van der Waals surface area contributed by atoms with E-state index in [1.807, 2.05) is 57.3 Å². The van der Waals surface area contributed by atoms with Crippen molar-refractivity contribution in [1.82, 2.24) is 24.5 Å². The summed E-state index contributed by atoms with van der Waals surface area (Å²) in [5.74, 6) is -0.352. The zero-order valence-electron chi connectivity index (χ0n) is 21.2. The Balaban J connectivity index is 1.51. The Labute approximate surface area is 211 Å². The van der Waals surface area contributed by atoms with Gasteiger partial charge in [-0.05, 0) is 52.0 Å². The number of carbonyl (C=O) groups excluding carboxylic acids is 2. The number of hydrogen-bond acceptors (Lipinski definition) is 6. The number of aromatic nitrogens is 4. The number of ether oxygens (including phenoxy) is 1. The molecule has 0 aliphatic carbocycles. The molecule has 3 aromatic rings. The van der Waals surface area contributed by atoms with Gasteiger partial charge in [0.2, 0.25) is 0 Å². The second kappa shape index (κ2) is 10.4. The van der Waals surface area contributed by atoms with E-state index in [1.54, 1.807) is 20.5 Å². The molecule has 192 valence electrons. The normalized spacial score (nSPS) is 15.4. The highest BCUT2D eigenvalue weighted by atomic mass is 16.6. The number of carbonyl (C=O) groups is 2. The lowest BCUT2D eigenvalue weighted by molar-refractivity contribution is 0.0228. The summed E-state index contributed by atoms with van der Waals surface area (Å²) < 4.78 is 9.05. The predicted octanol–water partition coefficient (Wildman–Crippen LogP) is 3.83. The first kappa shape index (κ1) is 25.3. The minimum atomic E-state index is -0.619. The molecule has 0 radical (unpaired) electrons. The molecule has 1 fully saturated rings. The largest absolute Gasteiger partial charge is 0.444 e. The highest BCUT2D eigenvalue weighted by Crippen LogP contribution is 2.33. The Morgan fingerprint density at radius 1 is 1.11 bits per heavy atom. The average molecular weight is 494 g/mol. The first-order chi connectivity index (χ1) is 17.1. The Hall–Kier alpha value is -3.82. The van der Waals surface area contributed by atoms with Crippen molar-refractivity contribution in [2.45, 2.75) is 64.6 Å². The third-order valence-electron chi connectivity index (χ3n) is 6.22. The molecular weight excluding hydrogens is 458 g/mol. The summed E-state index contributed by atoms with van der Waals surface area (Å²) in [5.41, 5.74) is 14.1. The minimum absolute atomic E-state index is 0.00278. The standard InChI is InChI=1S/C26H35N7O3/c1-26(2,3)36-25(35)31-13-7-11-20(12-8-14-31)33-23(27)21(24(28)34)22(30-33)19-15-29-32(17-19)16-18-9-5-4-6-10-18/h4-6,9-10,15,17,20H,7-8,11-14,16,27H2,1-3H3,(H2,28,34). The van der Waals surface area contributed by atoms with Crippen LogP contribution in [0.5, 0.6) is 0 Å². The zero-order valence-corrected chi connectivity index (χ0v) is 21.2. The first-order valence-electron chi connectivity index (χ1n) is 12.3. The summed E-state index contributed by atoms with van der Waals surface area (Å²) >= 11 is 0. The highest BCUT2D eigenvalue weighted by Gasteiger charge is 2.28. The Morgan fingerprint density at radius 3 is 2.39 bits per heavy atom. The van der Waals surface area contributed by atoms with E-state index < -0.39 is 11.5 Å². The third kappa shape index (κ3) is 5.87. The van der Waals surface area contributed by atoms with E-state index in [0.717, 1.165) is 31.2 Å². The molecule has 10 nitrogen and oxygen atoms in total. The average Bonchev–Trinajstić information content (AvgIpc) is 3.37. The number of nitrogens with two attached hydrogens (primary N) is 2. The molecule has 10 heteroatoms. The number of hydrogen-bond donors (Lipinski definition) is 2. The van der Waals surface area contributed by atoms with Crippen molar-refractivity contribution in [3.05, 3.63) is 53.9 Å². The molecule has 0 atom stereocenters. The summed E-state index contributed by atoms with van der Waals surface area (Å²) in [7, 11) is 0. The fourth-order valence-electron chi connectivity index (χ4n) is 4.56. The molecular formula is C26H35N7O3. The molecule has 2 aromatic heterocycles. The topological polar surface area (TPSA) is 134 Å². The van der Waals surface area contributed by atoms with E-state index in [2.05, 4.69) is 5.10 Å². The van der Waals surface area contributed by atoms with Crippen LogP contribution in [0.2, 0.25) is 0 Å². The fourth-order valence-corrected chi connectivity index (χ4v) is 4.56. The lowest BCUT2D eigenvalue weighted by Gasteiger charge is -2.30. The number of benzene rings is 1. The second-order valence-electron chi connectivity index (χ2n) is 10.2. The van der Waals surface area contributed by atoms with E-state index >= 15 is 0 Å². The van der Waals surface area contributed by atoms with Gasteiger partial charge in [-0.25, -0.2) is 9.48 Å². The van der Waals surface area contributed by atoms with E-state index in [4.69, 9.17) is 21.3 Å². The van der Waals surface area contributed by atoms with Crippen LogP contribution in [-0.4, -0.2) is 55.2 Å². The van der Waals surface area contributed by atoms with Crippen LogP contribution in [-0.2, 0) is 11.3 Å². The minimum Gasteiger partial charge on any atom is -0.444 e. The Bertz CT molecular complexity index is 1200. The number of primary amides is 1. The number of nitrogens with zero attached hydrogens (tertiary/aromatic N) is 5. The summed E-state index contributed by atoms with van der Waals surface area (Å²) in [6, 6.07) is 9.99. The Morgan fingerprint density at radius 2 is 1.78 bits per heavy atom. The van der Waals surface area contributed by atoms with Gasteiger partial charge in [0.25, 0.3) is 5.91 Å². The van der Waals surface area contributed by atoms with Gasteiger partial charge in [-0.1, -0.05) is 30.3 Å². The summed E-state index contributed by atoms with van der Waals surface area (Å²) in [5, 5.41) is 9.19. The molecule has 1 aliphatic rings. The number of likely N-dealkylation sites (tertiary alicyclic amines) is 1. The number of nitrogen functional groups attached to an aromatic ring is 1. The van der Waals surface area contributed by atoms with Crippen LogP contribution >= 0.6 is 0 Å². The molecule has 0 saturated carbocycles. The monoisotopic (exact) mass is 493 g/mol. The van der Waals surface area contributed by atoms with Crippen LogP contribution in [0.15, 0.2) is 42.7 Å². The summed E-state index contributed by atoms with van der Waals surface area (Å²) in [6.07, 6.45) is 6.29. The smallest absolute Gasteiger partial charge is 0.410 e. The maximum Gasteiger partial charge on any atom is 0.410 e. The first-order valence-corrected chi connectivity index (χ1v) is 12.3. The van der Waals surface area contributed by atoms with Gasteiger partial charge >= 0.3 is 6.09 Å². The second-order valence-corrected chi connectivity index (χ2v) is 10.2. The molecule has 0 spiro atoms. The van der Waals surface area contributed by atoms with Crippen LogP contribution < -0.4 is 11.5 Å².